The van der Waals surface area contributed by atoms with E-state index in [0.717, 1.165) is 32.8 Å². The molecule has 80 heavy (non-hydrogen) atoms. The summed E-state index contributed by atoms with van der Waals surface area (Å²) in [5.41, 5.74) is 21.3. The van der Waals surface area contributed by atoms with Crippen LogP contribution in [-0.4, -0.2) is 130 Å². The van der Waals surface area contributed by atoms with Crippen LogP contribution in [0.4, 0.5) is 0 Å². The van der Waals surface area contributed by atoms with E-state index in [1.165, 1.54) is 6.92 Å². The normalized spacial score (nSPS) is 14.6. The molecule has 6 aromatic rings. The minimum Gasteiger partial charge on any atom is -0.391 e. The molecule has 15 N–H and O–H groups in total. The number of aliphatic hydroxyl groups excluding tert-OH is 1. The highest BCUT2D eigenvalue weighted by molar-refractivity contribution is 7.80. The Morgan fingerprint density at radius 3 is 1.60 bits per heavy atom. The van der Waals surface area contributed by atoms with E-state index in [4.69, 9.17) is 17.2 Å². The molecular weight excluding hydrogens is 1060 g/mol. The van der Waals surface area contributed by atoms with Crippen molar-refractivity contribution in [3.8, 4) is 0 Å². The predicted molar refractivity (Wildman–Crippen MR) is 313 cm³/mol. The number of nitrogens with two attached hydrogens (primary N) is 3. The van der Waals surface area contributed by atoms with Gasteiger partial charge in [0.15, 0.2) is 0 Å². The molecule has 0 unspecified atom stereocenters. The van der Waals surface area contributed by atoms with E-state index in [9.17, 15) is 43.5 Å². The van der Waals surface area contributed by atoms with Gasteiger partial charge in [-0.1, -0.05) is 121 Å². The van der Waals surface area contributed by atoms with Gasteiger partial charge < -0.3 is 64.5 Å². The summed E-state index contributed by atoms with van der Waals surface area (Å²) in [6.45, 7) is 1.50. The quantitative estimate of drug-likeness (QED) is 0.0224. The Balaban J connectivity index is 1.19. The van der Waals surface area contributed by atoms with Crippen molar-refractivity contribution >= 4 is 94.2 Å². The molecule has 6 rings (SSSR count). The molecule has 0 aliphatic rings. The fourth-order valence-corrected chi connectivity index (χ4v) is 9.53. The van der Waals surface area contributed by atoms with Crippen molar-refractivity contribution in [3.05, 3.63) is 156 Å². The second-order valence-electron chi connectivity index (χ2n) is 19.6. The molecule has 9 atom stereocenters. The molecule has 424 valence electrons. The second kappa shape index (κ2) is 30.6. The number of benzene rings is 5. The third kappa shape index (κ3) is 17.9. The molecule has 20 nitrogen and oxygen atoms in total. The smallest absolute Gasteiger partial charge is 0.245 e. The Labute approximate surface area is 475 Å². The number of fused-ring (bicyclic) bond motifs is 2. The topological polar surface area (TPSA) is 335 Å². The van der Waals surface area contributed by atoms with E-state index in [2.05, 4.69) is 67.5 Å². The number of unbranched alkanes of at least 4 members (excludes halogenated alkanes) is 1. The number of amides is 8. The fourth-order valence-electron chi connectivity index (χ4n) is 9.01. The van der Waals surface area contributed by atoms with Crippen molar-refractivity contribution in [3.63, 3.8) is 0 Å². The van der Waals surface area contributed by atoms with Crippen LogP contribution >= 0.6 is 25.3 Å². The molecule has 5 aromatic carbocycles. The first kappa shape index (κ1) is 61.5. The molecule has 0 aliphatic carbocycles. The number of para-hydroxylation sites is 1. The number of hydrogen-bond acceptors (Lipinski definition) is 13. The number of rotatable bonds is 30. The summed E-state index contributed by atoms with van der Waals surface area (Å²) >= 11 is 8.61. The maximum atomic E-state index is 14.8. The zero-order valence-electron chi connectivity index (χ0n) is 44.3. The summed E-state index contributed by atoms with van der Waals surface area (Å²) in [5.74, 6) is -6.84. The Hall–Kier alpha value is -7.76. The summed E-state index contributed by atoms with van der Waals surface area (Å²) in [4.78, 5) is 114. The first-order chi connectivity index (χ1) is 38.5. The van der Waals surface area contributed by atoms with Crippen molar-refractivity contribution in [2.75, 3.05) is 18.1 Å². The summed E-state index contributed by atoms with van der Waals surface area (Å²) < 4.78 is 0. The van der Waals surface area contributed by atoms with Gasteiger partial charge in [0.25, 0.3) is 0 Å². The largest absolute Gasteiger partial charge is 0.391 e. The molecule has 0 saturated heterocycles. The Morgan fingerprint density at radius 1 is 0.512 bits per heavy atom. The third-order valence-corrected chi connectivity index (χ3v) is 14.2. The number of hydrogen-bond donors (Lipinski definition) is 14. The van der Waals surface area contributed by atoms with Gasteiger partial charge in [-0.3, -0.25) is 38.4 Å². The average Bonchev–Trinajstić information content (AvgIpc) is 3.89. The van der Waals surface area contributed by atoms with Gasteiger partial charge in [0, 0.05) is 47.9 Å². The van der Waals surface area contributed by atoms with Gasteiger partial charge in [-0.15, -0.1) is 0 Å². The molecule has 1 aromatic heterocycles. The van der Waals surface area contributed by atoms with Crippen LogP contribution in [0.3, 0.4) is 0 Å². The Morgan fingerprint density at radius 2 is 1.00 bits per heavy atom. The maximum absolute atomic E-state index is 14.8. The first-order valence-electron chi connectivity index (χ1n) is 26.4. The van der Waals surface area contributed by atoms with Crippen molar-refractivity contribution in [2.24, 2.45) is 17.2 Å². The van der Waals surface area contributed by atoms with E-state index in [0.29, 0.717) is 24.0 Å². The number of nitrogens with one attached hydrogen (secondary N) is 8. The lowest BCUT2D eigenvalue weighted by Gasteiger charge is -2.28. The third-order valence-electron chi connectivity index (χ3n) is 13.5. The SMILES string of the molecule is C[C@@H](O)[C@H](NC(=O)[C@H](CCCCN)NC(=O)[C@@H](Cc1c[nH]c2ccccc12)NC(=O)[C@H](Cc1ccccc1)NC(=O)[C@H](CS)NC(=O)[C@H](N)Cc1ccccc1)C(=O)N[C@@H](CS)C(=O)N[C@@H](Cc1ccc2ccccc2c1)C(N)=O. The molecule has 0 aliphatic heterocycles. The Kier molecular flexibility index (Phi) is 23.5. The van der Waals surface area contributed by atoms with Crippen LogP contribution in [0.1, 0.15) is 48.4 Å². The van der Waals surface area contributed by atoms with E-state index < -0.39 is 102 Å². The Bertz CT molecular complexity index is 3080. The molecule has 0 bridgehead atoms. The molecule has 0 radical (unpaired) electrons. The van der Waals surface area contributed by atoms with Crippen LogP contribution in [0.5, 0.6) is 0 Å². The van der Waals surface area contributed by atoms with Gasteiger partial charge in [0.05, 0.1) is 12.1 Å². The highest BCUT2D eigenvalue weighted by Crippen LogP contribution is 2.21. The molecule has 8 amide bonds. The first-order valence-corrected chi connectivity index (χ1v) is 27.6. The van der Waals surface area contributed by atoms with Gasteiger partial charge in [0.2, 0.25) is 47.3 Å². The zero-order valence-corrected chi connectivity index (χ0v) is 46.1. The number of aromatic nitrogens is 1. The van der Waals surface area contributed by atoms with Crippen molar-refractivity contribution in [1.82, 2.24) is 42.2 Å². The number of thiol groups is 2. The van der Waals surface area contributed by atoms with E-state index in [1.54, 1.807) is 36.5 Å². The molecule has 22 heteroatoms. The molecule has 0 fully saturated rings. The van der Waals surface area contributed by atoms with E-state index >= 15 is 0 Å². The average molecular weight is 1130 g/mol. The molecular formula is C58H71N11O9S2. The standard InChI is InChI=1S/C58H71N11O9S2/c1-34(70)50(58(78)68-49(33-80)56(76)64-45(51(61)71)29-37-23-24-38-18-8-9-19-39(38)26-37)69-53(73)44(22-12-13-25-59)63-55(75)47(30-40-31-62-43-21-11-10-20-41(40)43)66-54(74)46(28-36-16-6-3-7-17-36)65-57(77)48(32-79)67-52(72)42(60)27-35-14-4-2-5-15-35/h2-11,14-21,23-24,26,31,34,42,44-50,62,70,79-80H,12-13,22,25,27-30,32-33,59-60H2,1H3,(H2,61,71)(H,63,75)(H,64,76)(H,65,77)(H,66,74)(H,67,72)(H,68,78)(H,69,73)/t34-,42-,44+,45+,46+,47-,48+,49+,50+/m1/s1. The minimum atomic E-state index is -1.68. The minimum absolute atomic E-state index is 0.00257. The van der Waals surface area contributed by atoms with Gasteiger partial charge >= 0.3 is 0 Å². The fraction of sp³-hybridized carbons (Fsp3) is 0.345. The van der Waals surface area contributed by atoms with Gasteiger partial charge in [-0.25, -0.2) is 0 Å². The molecule has 0 spiro atoms. The van der Waals surface area contributed by atoms with E-state index in [-0.39, 0.29) is 50.2 Å². The van der Waals surface area contributed by atoms with Crippen LogP contribution in [0.25, 0.3) is 21.7 Å². The van der Waals surface area contributed by atoms with Gasteiger partial charge in [-0.2, -0.15) is 25.3 Å². The number of carbonyl (C=O) groups is 8. The monoisotopic (exact) mass is 1130 g/mol. The predicted octanol–water partition coefficient (Wildman–Crippen LogP) is 1.17. The van der Waals surface area contributed by atoms with Crippen LogP contribution in [0.15, 0.2) is 134 Å². The lowest BCUT2D eigenvalue weighted by Crippen LogP contribution is -2.62. The summed E-state index contributed by atoms with van der Waals surface area (Å²) in [5, 5.41) is 32.2. The number of primary amides is 1. The second-order valence-corrected chi connectivity index (χ2v) is 20.3. The number of aliphatic hydroxyl groups is 1. The number of carbonyl (C=O) groups excluding carboxylic acids is 8. The van der Waals surface area contributed by atoms with Crippen molar-refractivity contribution in [1.29, 1.82) is 0 Å². The lowest BCUT2D eigenvalue weighted by atomic mass is 10.0. The maximum Gasteiger partial charge on any atom is 0.245 e. The highest BCUT2D eigenvalue weighted by Gasteiger charge is 2.36. The highest BCUT2D eigenvalue weighted by atomic mass is 32.1. The summed E-state index contributed by atoms with van der Waals surface area (Å²) in [7, 11) is 0. The molecule has 0 saturated carbocycles. The van der Waals surface area contributed by atoms with E-state index in [1.807, 2.05) is 97.1 Å². The van der Waals surface area contributed by atoms with Crippen LogP contribution in [0, 0.1) is 0 Å². The molecule has 1 heterocycles. The summed E-state index contributed by atoms with van der Waals surface area (Å²) in [6.07, 6.45) is 1.02. The van der Waals surface area contributed by atoms with Gasteiger partial charge in [0.1, 0.15) is 42.3 Å². The number of aromatic amines is 1. The van der Waals surface area contributed by atoms with Crippen LogP contribution in [-0.2, 0) is 64.0 Å². The lowest BCUT2D eigenvalue weighted by molar-refractivity contribution is -0.136. The van der Waals surface area contributed by atoms with Crippen molar-refractivity contribution in [2.45, 2.75) is 106 Å². The number of H-pyrrole nitrogens is 1. The van der Waals surface area contributed by atoms with Gasteiger partial charge in [-0.05, 0) is 78.2 Å². The van der Waals surface area contributed by atoms with Crippen LogP contribution in [0.2, 0.25) is 0 Å². The van der Waals surface area contributed by atoms with Crippen molar-refractivity contribution < 1.29 is 43.5 Å². The summed E-state index contributed by atoms with van der Waals surface area (Å²) in [6, 6.07) is 27.9. The van der Waals surface area contributed by atoms with Crippen LogP contribution < -0.4 is 54.4 Å². The zero-order chi connectivity index (χ0) is 57.7.